The van der Waals surface area contributed by atoms with Crippen LogP contribution in [0.3, 0.4) is 0 Å². The number of ether oxygens (including phenoxy) is 2. The summed E-state index contributed by atoms with van der Waals surface area (Å²) >= 11 is 0. The number of morpholine rings is 1. The molecule has 0 aromatic heterocycles. The summed E-state index contributed by atoms with van der Waals surface area (Å²) in [7, 11) is 1.73. The maximum absolute atomic E-state index is 5.57. The molecule has 18 heavy (non-hydrogen) atoms. The lowest BCUT2D eigenvalue weighted by Gasteiger charge is -2.35. The first-order valence-electron chi connectivity index (χ1n) is 6.65. The van der Waals surface area contributed by atoms with Crippen LogP contribution in [0.4, 0.5) is 0 Å². The second-order valence-electron chi connectivity index (χ2n) is 5.22. The Morgan fingerprint density at radius 3 is 2.89 bits per heavy atom. The van der Waals surface area contributed by atoms with E-state index in [1.54, 1.807) is 7.11 Å². The fourth-order valence-electron chi connectivity index (χ4n) is 2.56. The third kappa shape index (κ3) is 3.03. The topological polar surface area (TPSA) is 30.5 Å². The maximum Gasteiger partial charge on any atom is 0.122 e. The van der Waals surface area contributed by atoms with E-state index < -0.39 is 0 Å². The fourth-order valence-corrected chi connectivity index (χ4v) is 2.56. The molecule has 0 aliphatic carbocycles. The van der Waals surface area contributed by atoms with E-state index in [9.17, 15) is 0 Å². The summed E-state index contributed by atoms with van der Waals surface area (Å²) in [6, 6.07) is 6.47. The highest BCUT2D eigenvalue weighted by atomic mass is 16.5. The van der Waals surface area contributed by atoms with Gasteiger partial charge in [0.1, 0.15) is 5.75 Å². The highest BCUT2D eigenvalue weighted by molar-refractivity contribution is 5.38. The van der Waals surface area contributed by atoms with Crippen LogP contribution in [0.2, 0.25) is 0 Å². The van der Waals surface area contributed by atoms with Gasteiger partial charge in [0, 0.05) is 12.1 Å². The van der Waals surface area contributed by atoms with Gasteiger partial charge in [-0.05, 0) is 37.0 Å². The minimum absolute atomic E-state index is 0.0534. The van der Waals surface area contributed by atoms with Crippen molar-refractivity contribution in [2.45, 2.75) is 32.2 Å². The number of benzene rings is 1. The van der Waals surface area contributed by atoms with E-state index in [1.807, 2.05) is 0 Å². The van der Waals surface area contributed by atoms with E-state index in [0.717, 1.165) is 38.3 Å². The number of aryl methyl sites for hydroxylation is 1. The molecule has 0 saturated carbocycles. The molecule has 3 heteroatoms. The molecule has 1 heterocycles. The lowest BCUT2D eigenvalue weighted by Crippen LogP contribution is -2.53. The monoisotopic (exact) mass is 249 g/mol. The van der Waals surface area contributed by atoms with Crippen molar-refractivity contribution in [1.29, 1.82) is 0 Å². The summed E-state index contributed by atoms with van der Waals surface area (Å²) in [5.74, 6) is 0.985. The van der Waals surface area contributed by atoms with E-state index in [0.29, 0.717) is 0 Å². The standard InChI is InChI=1S/C15H23NO2/c1-4-13-9-12(5-6-14(13)17-3)10-15(2)11-18-8-7-16-15/h5-6,9,16H,4,7-8,10-11H2,1-3H3. The van der Waals surface area contributed by atoms with Gasteiger partial charge in [-0.15, -0.1) is 0 Å². The third-order valence-electron chi connectivity index (χ3n) is 3.54. The molecule has 1 N–H and O–H groups in total. The first-order chi connectivity index (χ1) is 8.67. The number of hydrogen-bond donors (Lipinski definition) is 1. The highest BCUT2D eigenvalue weighted by Gasteiger charge is 2.27. The maximum atomic E-state index is 5.57. The molecule has 1 aliphatic rings. The molecule has 0 amide bonds. The normalized spacial score (nSPS) is 23.9. The Hall–Kier alpha value is -1.06. The summed E-state index contributed by atoms with van der Waals surface area (Å²) in [5, 5.41) is 3.55. The lowest BCUT2D eigenvalue weighted by molar-refractivity contribution is 0.0356. The Kier molecular flexibility index (Phi) is 4.25. The molecular weight excluding hydrogens is 226 g/mol. The Morgan fingerprint density at radius 2 is 2.28 bits per heavy atom. The zero-order valence-electron chi connectivity index (χ0n) is 11.6. The molecule has 2 rings (SSSR count). The highest BCUT2D eigenvalue weighted by Crippen LogP contribution is 2.23. The van der Waals surface area contributed by atoms with E-state index in [2.05, 4.69) is 37.4 Å². The summed E-state index contributed by atoms with van der Waals surface area (Å²) in [4.78, 5) is 0. The number of rotatable bonds is 4. The van der Waals surface area contributed by atoms with Crippen molar-refractivity contribution in [3.05, 3.63) is 29.3 Å². The number of nitrogens with one attached hydrogen (secondary N) is 1. The molecule has 1 aliphatic heterocycles. The van der Waals surface area contributed by atoms with Crippen molar-refractivity contribution in [2.75, 3.05) is 26.9 Å². The van der Waals surface area contributed by atoms with Crippen LogP contribution in [0.25, 0.3) is 0 Å². The molecule has 1 aromatic carbocycles. The first-order valence-corrected chi connectivity index (χ1v) is 6.65. The van der Waals surface area contributed by atoms with Gasteiger partial charge < -0.3 is 14.8 Å². The SMILES string of the molecule is CCc1cc(CC2(C)COCCN2)ccc1OC. The average molecular weight is 249 g/mol. The van der Waals surface area contributed by atoms with E-state index in [4.69, 9.17) is 9.47 Å². The zero-order chi connectivity index (χ0) is 13.0. The summed E-state index contributed by atoms with van der Waals surface area (Å²) < 4.78 is 10.9. The van der Waals surface area contributed by atoms with Gasteiger partial charge in [0.25, 0.3) is 0 Å². The third-order valence-corrected chi connectivity index (χ3v) is 3.54. The second kappa shape index (κ2) is 5.72. The van der Waals surface area contributed by atoms with Gasteiger partial charge in [-0.1, -0.05) is 19.1 Å². The van der Waals surface area contributed by atoms with Crippen LogP contribution >= 0.6 is 0 Å². The molecule has 0 radical (unpaired) electrons. The van der Waals surface area contributed by atoms with Crippen molar-refractivity contribution in [2.24, 2.45) is 0 Å². The van der Waals surface area contributed by atoms with Gasteiger partial charge in [-0.25, -0.2) is 0 Å². The number of hydrogen-bond acceptors (Lipinski definition) is 3. The second-order valence-corrected chi connectivity index (χ2v) is 5.22. The quantitative estimate of drug-likeness (QED) is 0.887. The van der Waals surface area contributed by atoms with Crippen LogP contribution in [-0.2, 0) is 17.6 Å². The summed E-state index contributed by atoms with van der Waals surface area (Å²) in [6.07, 6.45) is 1.99. The van der Waals surface area contributed by atoms with Crippen molar-refractivity contribution in [1.82, 2.24) is 5.32 Å². The van der Waals surface area contributed by atoms with Crippen LogP contribution in [0.5, 0.6) is 5.75 Å². The van der Waals surface area contributed by atoms with Crippen LogP contribution in [0, 0.1) is 0 Å². The van der Waals surface area contributed by atoms with Crippen molar-refractivity contribution >= 4 is 0 Å². The lowest BCUT2D eigenvalue weighted by atomic mass is 9.91. The van der Waals surface area contributed by atoms with E-state index in [1.165, 1.54) is 11.1 Å². The van der Waals surface area contributed by atoms with Crippen LogP contribution in [0.1, 0.15) is 25.0 Å². The van der Waals surface area contributed by atoms with Gasteiger partial charge in [0.15, 0.2) is 0 Å². The Balaban J connectivity index is 2.13. The van der Waals surface area contributed by atoms with Crippen LogP contribution in [0.15, 0.2) is 18.2 Å². The summed E-state index contributed by atoms with van der Waals surface area (Å²) in [5.41, 5.74) is 2.67. The Morgan fingerprint density at radius 1 is 1.44 bits per heavy atom. The largest absolute Gasteiger partial charge is 0.496 e. The van der Waals surface area contributed by atoms with E-state index >= 15 is 0 Å². The Labute approximate surface area is 109 Å². The molecular formula is C15H23NO2. The van der Waals surface area contributed by atoms with Crippen molar-refractivity contribution in [3.8, 4) is 5.75 Å². The molecule has 1 unspecified atom stereocenters. The molecule has 3 nitrogen and oxygen atoms in total. The predicted molar refractivity (Wildman–Crippen MR) is 73.3 cm³/mol. The predicted octanol–water partition coefficient (Wildman–Crippen LogP) is 2.18. The minimum Gasteiger partial charge on any atom is -0.496 e. The number of methoxy groups -OCH3 is 1. The van der Waals surface area contributed by atoms with Crippen LogP contribution in [-0.4, -0.2) is 32.4 Å². The van der Waals surface area contributed by atoms with Gasteiger partial charge in [-0.2, -0.15) is 0 Å². The molecule has 0 spiro atoms. The van der Waals surface area contributed by atoms with Gasteiger partial charge in [-0.3, -0.25) is 0 Å². The van der Waals surface area contributed by atoms with Gasteiger partial charge >= 0.3 is 0 Å². The van der Waals surface area contributed by atoms with Crippen LogP contribution < -0.4 is 10.1 Å². The average Bonchev–Trinajstić information content (AvgIpc) is 2.39. The Bertz CT molecular complexity index is 397. The van der Waals surface area contributed by atoms with Gasteiger partial charge in [0.2, 0.25) is 0 Å². The zero-order valence-corrected chi connectivity index (χ0v) is 11.6. The smallest absolute Gasteiger partial charge is 0.122 e. The first kappa shape index (κ1) is 13.4. The molecule has 1 fully saturated rings. The molecule has 100 valence electrons. The molecule has 0 bridgehead atoms. The van der Waals surface area contributed by atoms with E-state index in [-0.39, 0.29) is 5.54 Å². The van der Waals surface area contributed by atoms with Crippen molar-refractivity contribution in [3.63, 3.8) is 0 Å². The van der Waals surface area contributed by atoms with Gasteiger partial charge in [0.05, 0.1) is 20.3 Å². The molecule has 1 atom stereocenters. The minimum atomic E-state index is 0.0534. The molecule has 1 aromatic rings. The van der Waals surface area contributed by atoms with Crippen molar-refractivity contribution < 1.29 is 9.47 Å². The fraction of sp³-hybridized carbons (Fsp3) is 0.600. The summed E-state index contributed by atoms with van der Waals surface area (Å²) in [6.45, 7) is 6.92. The molecule has 1 saturated heterocycles.